The van der Waals surface area contributed by atoms with Gasteiger partial charge in [0, 0.05) is 61.6 Å². The molecule has 2 saturated carbocycles. The number of rotatable bonds is 13. The summed E-state index contributed by atoms with van der Waals surface area (Å²) in [6.45, 7) is 12.2. The molecule has 6 heterocycles. The van der Waals surface area contributed by atoms with Crippen LogP contribution < -0.4 is 19.7 Å². The summed E-state index contributed by atoms with van der Waals surface area (Å²) in [5.74, 6) is 0.829. The summed E-state index contributed by atoms with van der Waals surface area (Å²) in [7, 11) is -4.62. The Morgan fingerprint density at radius 2 is 1.73 bits per heavy atom. The summed E-state index contributed by atoms with van der Waals surface area (Å²) >= 11 is 0. The number of anilines is 2. The minimum atomic E-state index is -4.62. The Balaban J connectivity index is 0.895. The number of hydrogen-bond donors (Lipinski definition) is 3. The van der Waals surface area contributed by atoms with Crippen LogP contribution in [0.15, 0.2) is 78.2 Å². The number of piperidine rings is 1. The van der Waals surface area contributed by atoms with Gasteiger partial charge in [-0.15, -0.1) is 0 Å². The third-order valence-electron chi connectivity index (χ3n) is 14.5. The molecule has 15 nitrogen and oxygen atoms in total. The second-order valence-corrected chi connectivity index (χ2v) is 21.4. The molecule has 2 aliphatic carbocycles. The Morgan fingerprint density at radius 3 is 2.48 bits per heavy atom. The van der Waals surface area contributed by atoms with Gasteiger partial charge in [-0.25, -0.2) is 28.1 Å². The van der Waals surface area contributed by atoms with Gasteiger partial charge in [-0.1, -0.05) is 52.0 Å². The van der Waals surface area contributed by atoms with E-state index in [2.05, 4.69) is 91.7 Å². The Kier molecular flexibility index (Phi) is 11.9. The largest absolute Gasteiger partial charge is 0.455 e. The summed E-state index contributed by atoms with van der Waals surface area (Å²) in [5.41, 5.74) is 3.54. The summed E-state index contributed by atoms with van der Waals surface area (Å²) in [6.07, 6.45) is 16.6. The van der Waals surface area contributed by atoms with E-state index >= 15 is 0 Å². The van der Waals surface area contributed by atoms with Crippen LogP contribution in [0.1, 0.15) is 125 Å². The molecule has 1 atom stereocenters. The van der Waals surface area contributed by atoms with Crippen LogP contribution in [0, 0.1) is 26.9 Å². The average Bonchev–Trinajstić information content (AvgIpc) is 3.95. The number of aromatic amines is 1. The van der Waals surface area contributed by atoms with Gasteiger partial charge in [0.15, 0.2) is 0 Å². The first-order valence-electron chi connectivity index (χ1n) is 22.8. The molecule has 0 bridgehead atoms. The lowest BCUT2D eigenvalue weighted by molar-refractivity contribution is -0.384. The lowest BCUT2D eigenvalue weighted by Crippen LogP contribution is -2.55. The van der Waals surface area contributed by atoms with E-state index in [0.717, 1.165) is 75.8 Å². The molecule has 1 amide bonds. The molecule has 0 radical (unpaired) electrons. The van der Waals surface area contributed by atoms with Crippen molar-refractivity contribution in [1.82, 2.24) is 29.6 Å². The number of aromatic nitrogens is 4. The van der Waals surface area contributed by atoms with Crippen molar-refractivity contribution in [2.24, 2.45) is 16.7 Å². The number of sulfonamides is 1. The van der Waals surface area contributed by atoms with Crippen molar-refractivity contribution in [2.75, 3.05) is 36.4 Å². The highest BCUT2D eigenvalue weighted by atomic mass is 32.2. The molecule has 64 heavy (non-hydrogen) atoms. The van der Waals surface area contributed by atoms with Crippen LogP contribution in [0.4, 0.5) is 17.3 Å². The maximum atomic E-state index is 13.9. The van der Waals surface area contributed by atoms with E-state index in [9.17, 15) is 23.3 Å². The monoisotopic (exact) mass is 889 g/mol. The van der Waals surface area contributed by atoms with Gasteiger partial charge < -0.3 is 19.9 Å². The predicted molar refractivity (Wildman–Crippen MR) is 246 cm³/mol. The number of amides is 1. The van der Waals surface area contributed by atoms with E-state index in [1.807, 2.05) is 6.07 Å². The SMILES string of the molecule is CC(C)c1ccccc1[C@@H]1CCCN1C1CC2(CCN(c3cc(Oc4cnc5[nH]ccc5c4)c(C(=O)NS(=O)(=O)c4cnc(NCC5CCC(C)(C)CC5)c([N+](=O)[O-])c4)cn3)CC2)C1. The van der Waals surface area contributed by atoms with E-state index in [1.54, 1.807) is 18.3 Å². The quantitative estimate of drug-likeness (QED) is 0.0751. The minimum Gasteiger partial charge on any atom is -0.455 e. The highest BCUT2D eigenvalue weighted by molar-refractivity contribution is 7.90. The van der Waals surface area contributed by atoms with Gasteiger partial charge in [-0.05, 0) is 117 Å². The van der Waals surface area contributed by atoms with Gasteiger partial charge in [-0.3, -0.25) is 19.8 Å². The number of hydrogen-bond acceptors (Lipinski definition) is 12. The maximum absolute atomic E-state index is 13.9. The Morgan fingerprint density at radius 1 is 0.969 bits per heavy atom. The van der Waals surface area contributed by atoms with Gasteiger partial charge in [0.25, 0.3) is 15.9 Å². The molecule has 4 fully saturated rings. The number of nitrogens with one attached hydrogen (secondary N) is 3. The molecule has 1 aromatic carbocycles. The van der Waals surface area contributed by atoms with Crippen molar-refractivity contribution >= 4 is 44.3 Å². The predicted octanol–water partition coefficient (Wildman–Crippen LogP) is 9.51. The second kappa shape index (κ2) is 17.4. The summed E-state index contributed by atoms with van der Waals surface area (Å²) in [5, 5.41) is 16.0. The van der Waals surface area contributed by atoms with Crippen molar-refractivity contribution in [2.45, 2.75) is 115 Å². The van der Waals surface area contributed by atoms with Gasteiger partial charge in [0.1, 0.15) is 33.4 Å². The molecule has 4 aromatic heterocycles. The first-order chi connectivity index (χ1) is 30.7. The number of nitro groups is 1. The van der Waals surface area contributed by atoms with Crippen LogP contribution in [0.2, 0.25) is 0 Å². The number of ether oxygens (including phenoxy) is 1. The first-order valence-corrected chi connectivity index (χ1v) is 24.3. The van der Waals surface area contributed by atoms with Crippen LogP contribution >= 0.6 is 0 Å². The van der Waals surface area contributed by atoms with Crippen LogP contribution in [-0.4, -0.2) is 76.3 Å². The first kappa shape index (κ1) is 43.6. The number of likely N-dealkylation sites (tertiary alicyclic amines) is 1. The molecular formula is C48H59N9O6S. The molecule has 16 heteroatoms. The molecular weight excluding hydrogens is 831 g/mol. The fraction of sp³-hybridized carbons (Fsp3) is 0.500. The topological polar surface area (TPSA) is 189 Å². The number of carbonyl (C=O) groups is 1. The fourth-order valence-corrected chi connectivity index (χ4v) is 11.6. The minimum absolute atomic E-state index is 0.0205. The maximum Gasteiger partial charge on any atom is 0.312 e. The van der Waals surface area contributed by atoms with E-state index in [4.69, 9.17) is 4.74 Å². The van der Waals surface area contributed by atoms with Gasteiger partial charge in [0.05, 0.1) is 17.3 Å². The average molecular weight is 890 g/mol. The summed E-state index contributed by atoms with van der Waals surface area (Å²) in [4.78, 5) is 46.2. The third kappa shape index (κ3) is 9.03. The number of carbonyl (C=O) groups excluding carboxylic acids is 1. The van der Waals surface area contributed by atoms with Crippen LogP contribution in [0.3, 0.4) is 0 Å². The fourth-order valence-electron chi connectivity index (χ4n) is 10.6. The number of benzene rings is 1. The van der Waals surface area contributed by atoms with Crippen molar-refractivity contribution in [1.29, 1.82) is 0 Å². The zero-order valence-electron chi connectivity index (χ0n) is 37.2. The highest BCUT2D eigenvalue weighted by Crippen LogP contribution is 2.54. The third-order valence-corrected chi connectivity index (χ3v) is 15.8. The number of fused-ring (bicyclic) bond motifs is 1. The van der Waals surface area contributed by atoms with Crippen LogP contribution in [-0.2, 0) is 10.0 Å². The molecule has 0 unspecified atom stereocenters. The molecule has 2 saturated heterocycles. The number of pyridine rings is 3. The van der Waals surface area contributed by atoms with Gasteiger partial charge >= 0.3 is 5.69 Å². The zero-order valence-corrected chi connectivity index (χ0v) is 38.0. The summed E-state index contributed by atoms with van der Waals surface area (Å²) in [6, 6.07) is 16.2. The lowest BCUT2D eigenvalue weighted by atomic mass is 9.60. The van der Waals surface area contributed by atoms with Crippen LogP contribution in [0.25, 0.3) is 11.0 Å². The van der Waals surface area contributed by atoms with Crippen molar-refractivity contribution in [3.05, 3.63) is 100 Å². The van der Waals surface area contributed by atoms with Gasteiger partial charge in [0.2, 0.25) is 5.82 Å². The van der Waals surface area contributed by atoms with E-state index in [-0.39, 0.29) is 28.0 Å². The highest BCUT2D eigenvalue weighted by Gasteiger charge is 2.50. The molecule has 4 aliphatic rings. The number of H-pyrrole nitrogens is 1. The summed E-state index contributed by atoms with van der Waals surface area (Å²) < 4.78 is 35.8. The molecule has 1 spiro atoms. The zero-order chi connectivity index (χ0) is 44.8. The Labute approximate surface area is 375 Å². The molecule has 9 rings (SSSR count). The van der Waals surface area contributed by atoms with Gasteiger partial charge in [-0.2, -0.15) is 0 Å². The van der Waals surface area contributed by atoms with Crippen molar-refractivity contribution in [3.63, 3.8) is 0 Å². The molecule has 5 aromatic rings. The van der Waals surface area contributed by atoms with E-state index in [1.165, 1.54) is 49.2 Å². The molecule has 2 aliphatic heterocycles. The van der Waals surface area contributed by atoms with Crippen molar-refractivity contribution < 1.29 is 22.9 Å². The van der Waals surface area contributed by atoms with Crippen LogP contribution in [0.5, 0.6) is 11.5 Å². The normalized spacial score (nSPS) is 20.4. The molecule has 338 valence electrons. The second-order valence-electron chi connectivity index (χ2n) is 19.7. The standard InChI is InChI=1S/C48H59N9O6S/c1-31(2)37-8-5-6-9-38(37)40-10-7-19-56(40)34-25-48(26-34)16-20-55(21-17-48)43-24-42(63-35-22-33-13-18-49-44(33)52-28-35)39(30-50-43)46(58)54-64(61,62)36-23-41(57(59)60)45(53-29-36)51-27-32-11-14-47(3,4)15-12-32/h5-6,8-9,13,18,22-24,28-32,34,40H,7,10-12,14-17,19-21,25-27H2,1-4H3,(H,49,52)(H,51,53)(H,54,58)/t40-/m0/s1. The van der Waals surface area contributed by atoms with E-state index < -0.39 is 31.4 Å². The molecule has 3 N–H and O–H groups in total. The van der Waals surface area contributed by atoms with E-state index in [0.29, 0.717) is 47.7 Å². The lowest BCUT2D eigenvalue weighted by Gasteiger charge is -2.56. The Hall–Kier alpha value is -5.61. The smallest absolute Gasteiger partial charge is 0.312 e. The van der Waals surface area contributed by atoms with Crippen molar-refractivity contribution in [3.8, 4) is 11.5 Å². The Bertz CT molecular complexity index is 2640. The number of nitrogens with zero attached hydrogens (tertiary/aromatic N) is 6.